The van der Waals surface area contributed by atoms with E-state index >= 15 is 0 Å². The molecule has 0 unspecified atom stereocenters. The summed E-state index contributed by atoms with van der Waals surface area (Å²) in [7, 11) is 0. The molecular formula is C15H18N2O. The van der Waals surface area contributed by atoms with E-state index in [0.717, 1.165) is 38.4 Å². The van der Waals surface area contributed by atoms with Crippen LogP contribution in [0.3, 0.4) is 0 Å². The van der Waals surface area contributed by atoms with Crippen LogP contribution in [0, 0.1) is 0 Å². The Morgan fingerprint density at radius 2 is 2.17 bits per heavy atom. The highest BCUT2D eigenvalue weighted by Gasteiger charge is 2.11. The number of benzene rings is 1. The predicted octanol–water partition coefficient (Wildman–Crippen LogP) is 2.22. The fraction of sp³-hybridized carbons (Fsp3) is 0.333. The summed E-state index contributed by atoms with van der Waals surface area (Å²) in [6, 6.07) is 10.5. The molecule has 0 saturated carbocycles. The van der Waals surface area contributed by atoms with E-state index in [-0.39, 0.29) is 0 Å². The number of furan rings is 1. The Morgan fingerprint density at radius 3 is 3.06 bits per heavy atom. The van der Waals surface area contributed by atoms with Crippen molar-refractivity contribution in [2.45, 2.75) is 26.1 Å². The minimum absolute atomic E-state index is 0.787. The molecule has 1 aliphatic rings. The number of rotatable bonds is 4. The molecule has 0 saturated heterocycles. The summed E-state index contributed by atoms with van der Waals surface area (Å²) in [5, 5.41) is 6.85. The van der Waals surface area contributed by atoms with Gasteiger partial charge in [0.2, 0.25) is 0 Å². The van der Waals surface area contributed by atoms with Crippen molar-refractivity contribution in [3.05, 3.63) is 59.0 Å². The van der Waals surface area contributed by atoms with Crippen LogP contribution < -0.4 is 10.6 Å². The van der Waals surface area contributed by atoms with Crippen molar-refractivity contribution in [2.75, 3.05) is 6.54 Å². The molecule has 2 aromatic rings. The van der Waals surface area contributed by atoms with Crippen LogP contribution in [0.25, 0.3) is 0 Å². The average Bonchev–Trinajstić information content (AvgIpc) is 2.92. The molecule has 2 heterocycles. The third-order valence-corrected chi connectivity index (χ3v) is 3.43. The van der Waals surface area contributed by atoms with Gasteiger partial charge in [0.05, 0.1) is 12.8 Å². The predicted molar refractivity (Wildman–Crippen MR) is 71.1 cm³/mol. The largest absolute Gasteiger partial charge is 0.468 e. The molecule has 0 spiro atoms. The van der Waals surface area contributed by atoms with Crippen molar-refractivity contribution >= 4 is 0 Å². The molecule has 0 amide bonds. The first-order valence-corrected chi connectivity index (χ1v) is 6.47. The second-order valence-corrected chi connectivity index (χ2v) is 4.66. The summed E-state index contributed by atoms with van der Waals surface area (Å²) in [6.45, 7) is 3.78. The third kappa shape index (κ3) is 2.47. The first-order valence-electron chi connectivity index (χ1n) is 6.47. The van der Waals surface area contributed by atoms with Crippen LogP contribution in [0.15, 0.2) is 41.0 Å². The molecule has 0 radical (unpaired) electrons. The molecule has 0 bridgehead atoms. The third-order valence-electron chi connectivity index (χ3n) is 3.43. The van der Waals surface area contributed by atoms with E-state index in [2.05, 4.69) is 28.8 Å². The number of hydrogen-bond donors (Lipinski definition) is 2. The quantitative estimate of drug-likeness (QED) is 0.863. The molecular weight excluding hydrogens is 224 g/mol. The van der Waals surface area contributed by atoms with Gasteiger partial charge in [-0.25, -0.2) is 0 Å². The van der Waals surface area contributed by atoms with Crippen LogP contribution in [0.4, 0.5) is 0 Å². The van der Waals surface area contributed by atoms with Crippen molar-refractivity contribution in [2.24, 2.45) is 0 Å². The zero-order chi connectivity index (χ0) is 12.2. The van der Waals surface area contributed by atoms with E-state index < -0.39 is 0 Å². The van der Waals surface area contributed by atoms with Crippen LogP contribution in [-0.2, 0) is 26.1 Å². The van der Waals surface area contributed by atoms with E-state index in [1.54, 1.807) is 6.26 Å². The highest BCUT2D eigenvalue weighted by molar-refractivity contribution is 5.36. The first kappa shape index (κ1) is 11.5. The zero-order valence-corrected chi connectivity index (χ0v) is 10.4. The average molecular weight is 242 g/mol. The number of fused-ring (bicyclic) bond motifs is 1. The van der Waals surface area contributed by atoms with Crippen LogP contribution in [0.5, 0.6) is 0 Å². The molecule has 3 heteroatoms. The van der Waals surface area contributed by atoms with Crippen molar-refractivity contribution in [1.29, 1.82) is 0 Å². The lowest BCUT2D eigenvalue weighted by molar-refractivity contribution is 0.482. The fourth-order valence-electron chi connectivity index (χ4n) is 2.51. The van der Waals surface area contributed by atoms with Gasteiger partial charge < -0.3 is 15.1 Å². The highest BCUT2D eigenvalue weighted by atomic mass is 16.3. The van der Waals surface area contributed by atoms with Gasteiger partial charge in [0.15, 0.2) is 0 Å². The standard InChI is InChI=1S/C15H18N2O/c1-3-12-9-16-7-6-15(12)13(4-1)10-17-11-14-5-2-8-18-14/h1-5,8,16-17H,6-7,9-11H2. The van der Waals surface area contributed by atoms with Gasteiger partial charge in [-0.2, -0.15) is 0 Å². The molecule has 0 aliphatic carbocycles. The number of nitrogens with one attached hydrogen (secondary N) is 2. The summed E-state index contributed by atoms with van der Waals surface area (Å²) in [6.07, 6.45) is 2.85. The Morgan fingerprint density at radius 1 is 1.17 bits per heavy atom. The molecule has 3 nitrogen and oxygen atoms in total. The molecule has 1 aromatic heterocycles. The summed E-state index contributed by atoms with van der Waals surface area (Å²) in [4.78, 5) is 0. The minimum Gasteiger partial charge on any atom is -0.468 e. The smallest absolute Gasteiger partial charge is 0.117 e. The van der Waals surface area contributed by atoms with Gasteiger partial charge in [-0.3, -0.25) is 0 Å². The Bertz CT molecular complexity index is 505. The van der Waals surface area contributed by atoms with Crippen LogP contribution in [-0.4, -0.2) is 6.54 Å². The van der Waals surface area contributed by atoms with E-state index in [9.17, 15) is 0 Å². The first-order chi connectivity index (χ1) is 8.93. The van der Waals surface area contributed by atoms with Gasteiger partial charge in [-0.05, 0) is 41.8 Å². The van der Waals surface area contributed by atoms with E-state index in [0.29, 0.717) is 0 Å². The van der Waals surface area contributed by atoms with Gasteiger partial charge in [-0.15, -0.1) is 0 Å². The lowest BCUT2D eigenvalue weighted by Gasteiger charge is -2.20. The maximum Gasteiger partial charge on any atom is 0.117 e. The molecule has 94 valence electrons. The van der Waals surface area contributed by atoms with Crippen LogP contribution >= 0.6 is 0 Å². The molecule has 1 aliphatic heterocycles. The van der Waals surface area contributed by atoms with Crippen LogP contribution in [0.2, 0.25) is 0 Å². The molecule has 2 N–H and O–H groups in total. The summed E-state index contributed by atoms with van der Waals surface area (Å²) in [5.41, 5.74) is 4.38. The van der Waals surface area contributed by atoms with Crippen molar-refractivity contribution in [3.8, 4) is 0 Å². The van der Waals surface area contributed by atoms with Crippen molar-refractivity contribution in [3.63, 3.8) is 0 Å². The maximum atomic E-state index is 5.31. The Hall–Kier alpha value is -1.58. The van der Waals surface area contributed by atoms with Crippen LogP contribution in [0.1, 0.15) is 22.5 Å². The van der Waals surface area contributed by atoms with Crippen molar-refractivity contribution in [1.82, 2.24) is 10.6 Å². The Balaban J connectivity index is 1.65. The van der Waals surface area contributed by atoms with E-state index in [1.165, 1.54) is 16.7 Å². The van der Waals surface area contributed by atoms with E-state index in [4.69, 9.17) is 4.42 Å². The molecule has 3 rings (SSSR count). The van der Waals surface area contributed by atoms with Gasteiger partial charge in [-0.1, -0.05) is 18.2 Å². The highest BCUT2D eigenvalue weighted by Crippen LogP contribution is 2.18. The monoisotopic (exact) mass is 242 g/mol. The molecule has 0 atom stereocenters. The normalized spacial score (nSPS) is 14.4. The Kier molecular flexibility index (Phi) is 3.44. The maximum absolute atomic E-state index is 5.31. The topological polar surface area (TPSA) is 37.2 Å². The summed E-state index contributed by atoms with van der Waals surface area (Å²) >= 11 is 0. The van der Waals surface area contributed by atoms with Gasteiger partial charge >= 0.3 is 0 Å². The van der Waals surface area contributed by atoms with Gasteiger partial charge in [0, 0.05) is 13.1 Å². The lowest BCUT2D eigenvalue weighted by atomic mass is 9.95. The molecule has 18 heavy (non-hydrogen) atoms. The van der Waals surface area contributed by atoms with E-state index in [1.807, 2.05) is 12.1 Å². The minimum atomic E-state index is 0.787. The number of hydrogen-bond acceptors (Lipinski definition) is 3. The molecule has 1 aromatic carbocycles. The lowest BCUT2D eigenvalue weighted by Crippen LogP contribution is -2.25. The van der Waals surface area contributed by atoms with Gasteiger partial charge in [0.1, 0.15) is 5.76 Å². The van der Waals surface area contributed by atoms with Gasteiger partial charge in [0.25, 0.3) is 0 Å². The zero-order valence-electron chi connectivity index (χ0n) is 10.4. The SMILES string of the molecule is c1coc(CNCc2cccc3c2CCNC3)c1. The second-order valence-electron chi connectivity index (χ2n) is 4.66. The van der Waals surface area contributed by atoms with Crippen molar-refractivity contribution < 1.29 is 4.42 Å². The fourth-order valence-corrected chi connectivity index (χ4v) is 2.51. The molecule has 0 fully saturated rings. The summed E-state index contributed by atoms with van der Waals surface area (Å²) < 4.78 is 5.31. The summed E-state index contributed by atoms with van der Waals surface area (Å²) in [5.74, 6) is 0.987. The second kappa shape index (κ2) is 5.38. The Labute approximate surface area is 107 Å².